The maximum absolute atomic E-state index is 5.58. The van der Waals surface area contributed by atoms with Crippen LogP contribution < -0.4 is 11.5 Å². The first-order chi connectivity index (χ1) is 8.65. The van der Waals surface area contributed by atoms with Crippen LogP contribution in [-0.4, -0.2) is 12.2 Å². The molecule has 0 unspecified atom stereocenters. The minimum Gasteiger partial charge on any atom is -0.455 e. The fourth-order valence-electron chi connectivity index (χ4n) is 1.34. The largest absolute Gasteiger partial charge is 0.455 e. The number of hydrogen-bond donors (Lipinski definition) is 2. The number of furan rings is 1. The fraction of sp³-hybridized carbons (Fsp3) is 0. The lowest BCUT2D eigenvalue weighted by Gasteiger charge is -1.96. The van der Waals surface area contributed by atoms with Crippen molar-refractivity contribution in [2.24, 2.45) is 21.7 Å². The Morgan fingerprint density at radius 1 is 1.11 bits per heavy atom. The predicted molar refractivity (Wildman–Crippen MR) is 75.2 cm³/mol. The van der Waals surface area contributed by atoms with Crippen LogP contribution in [0.2, 0.25) is 0 Å². The van der Waals surface area contributed by atoms with Crippen LogP contribution in [0.15, 0.2) is 55.5 Å². The summed E-state index contributed by atoms with van der Waals surface area (Å²) in [6.07, 6.45) is 1.45. The standard InChI is InChI=1S/C12H11BrN4O/c13-9-3-1-8(2-4-9)11-6-5-10(18-11)7-16-17-12(14)15/h1-7H,(H4,14,15,17). The third-order valence-corrected chi connectivity index (χ3v) is 2.64. The Morgan fingerprint density at radius 3 is 2.50 bits per heavy atom. The summed E-state index contributed by atoms with van der Waals surface area (Å²) in [5.41, 5.74) is 11.3. The predicted octanol–water partition coefficient (Wildman–Crippen LogP) is 2.32. The molecular formula is C12H11BrN4O. The third-order valence-electron chi connectivity index (χ3n) is 2.11. The van der Waals surface area contributed by atoms with Gasteiger partial charge in [0.1, 0.15) is 11.5 Å². The average Bonchev–Trinajstić information content (AvgIpc) is 2.78. The molecule has 1 aromatic heterocycles. The summed E-state index contributed by atoms with van der Waals surface area (Å²) in [6.45, 7) is 0. The van der Waals surface area contributed by atoms with Crippen LogP contribution in [0.4, 0.5) is 0 Å². The summed E-state index contributed by atoms with van der Waals surface area (Å²) < 4.78 is 6.60. The van der Waals surface area contributed by atoms with Gasteiger partial charge in [0.2, 0.25) is 5.96 Å². The van der Waals surface area contributed by atoms with Gasteiger partial charge < -0.3 is 15.9 Å². The zero-order valence-corrected chi connectivity index (χ0v) is 11.0. The number of guanidine groups is 1. The van der Waals surface area contributed by atoms with Crippen molar-refractivity contribution in [1.82, 2.24) is 0 Å². The summed E-state index contributed by atoms with van der Waals surface area (Å²) in [5, 5.41) is 7.16. The first-order valence-electron chi connectivity index (χ1n) is 5.13. The van der Waals surface area contributed by atoms with E-state index < -0.39 is 0 Å². The molecule has 0 atom stereocenters. The summed E-state index contributed by atoms with van der Waals surface area (Å²) in [6, 6.07) is 11.5. The quantitative estimate of drug-likeness (QED) is 0.518. The minimum absolute atomic E-state index is 0.0917. The Bertz CT molecular complexity index is 582. The molecule has 0 aliphatic heterocycles. The zero-order valence-electron chi connectivity index (χ0n) is 9.38. The highest BCUT2D eigenvalue weighted by Gasteiger charge is 2.02. The van der Waals surface area contributed by atoms with Crippen molar-refractivity contribution >= 4 is 28.1 Å². The molecule has 1 heterocycles. The second-order valence-electron chi connectivity index (χ2n) is 3.48. The second kappa shape index (κ2) is 5.50. The van der Waals surface area contributed by atoms with E-state index in [2.05, 4.69) is 26.1 Å². The van der Waals surface area contributed by atoms with Crippen LogP contribution in [-0.2, 0) is 0 Å². The van der Waals surface area contributed by atoms with Gasteiger partial charge in [-0.2, -0.15) is 5.10 Å². The highest BCUT2D eigenvalue weighted by atomic mass is 79.9. The minimum atomic E-state index is -0.0917. The Labute approximate surface area is 112 Å². The molecular weight excluding hydrogens is 296 g/mol. The summed E-state index contributed by atoms with van der Waals surface area (Å²) in [7, 11) is 0. The number of rotatable bonds is 3. The van der Waals surface area contributed by atoms with Gasteiger partial charge in [-0.25, -0.2) is 0 Å². The van der Waals surface area contributed by atoms with Gasteiger partial charge in [0.15, 0.2) is 0 Å². The van der Waals surface area contributed by atoms with E-state index in [1.807, 2.05) is 30.3 Å². The van der Waals surface area contributed by atoms with Gasteiger partial charge in [0.25, 0.3) is 0 Å². The van der Waals surface area contributed by atoms with Crippen LogP contribution in [0.25, 0.3) is 11.3 Å². The van der Waals surface area contributed by atoms with Crippen LogP contribution >= 0.6 is 15.9 Å². The summed E-state index contributed by atoms with van der Waals surface area (Å²) in [5.74, 6) is 1.25. The van der Waals surface area contributed by atoms with Gasteiger partial charge in [-0.1, -0.05) is 28.1 Å². The van der Waals surface area contributed by atoms with Gasteiger partial charge in [0, 0.05) is 10.0 Å². The molecule has 18 heavy (non-hydrogen) atoms. The molecule has 6 heteroatoms. The zero-order chi connectivity index (χ0) is 13.0. The normalized spacial score (nSPS) is 10.7. The summed E-state index contributed by atoms with van der Waals surface area (Å²) >= 11 is 3.38. The van der Waals surface area contributed by atoms with Crippen LogP contribution in [0, 0.1) is 0 Å². The van der Waals surface area contributed by atoms with E-state index in [1.54, 1.807) is 6.07 Å². The number of benzene rings is 1. The van der Waals surface area contributed by atoms with E-state index in [9.17, 15) is 0 Å². The van der Waals surface area contributed by atoms with Crippen molar-refractivity contribution in [1.29, 1.82) is 0 Å². The van der Waals surface area contributed by atoms with Crippen molar-refractivity contribution in [2.75, 3.05) is 0 Å². The van der Waals surface area contributed by atoms with Gasteiger partial charge >= 0.3 is 0 Å². The lowest BCUT2D eigenvalue weighted by atomic mass is 10.2. The monoisotopic (exact) mass is 306 g/mol. The third kappa shape index (κ3) is 3.21. The number of nitrogens with zero attached hydrogens (tertiary/aromatic N) is 2. The topological polar surface area (TPSA) is 89.9 Å². The first-order valence-corrected chi connectivity index (χ1v) is 5.92. The van der Waals surface area contributed by atoms with E-state index in [0.29, 0.717) is 5.76 Å². The molecule has 2 rings (SSSR count). The molecule has 0 fully saturated rings. The highest BCUT2D eigenvalue weighted by molar-refractivity contribution is 9.10. The maximum Gasteiger partial charge on any atom is 0.211 e. The molecule has 2 aromatic rings. The Kier molecular flexibility index (Phi) is 3.78. The molecule has 0 amide bonds. The van der Waals surface area contributed by atoms with E-state index >= 15 is 0 Å². The summed E-state index contributed by atoms with van der Waals surface area (Å²) in [4.78, 5) is 0. The lowest BCUT2D eigenvalue weighted by molar-refractivity contribution is 0.575. The van der Waals surface area contributed by atoms with E-state index in [0.717, 1.165) is 15.8 Å². The Hall–Kier alpha value is -2.08. The number of halogens is 1. The van der Waals surface area contributed by atoms with Crippen LogP contribution in [0.1, 0.15) is 5.76 Å². The first kappa shape index (κ1) is 12.4. The Morgan fingerprint density at radius 2 is 1.83 bits per heavy atom. The average molecular weight is 307 g/mol. The highest BCUT2D eigenvalue weighted by Crippen LogP contribution is 2.23. The molecule has 0 spiro atoms. The number of nitrogens with two attached hydrogens (primary N) is 2. The molecule has 92 valence electrons. The maximum atomic E-state index is 5.58. The van der Waals surface area contributed by atoms with Crippen molar-refractivity contribution in [3.8, 4) is 11.3 Å². The molecule has 4 N–H and O–H groups in total. The molecule has 0 aliphatic rings. The van der Waals surface area contributed by atoms with Gasteiger partial charge in [0.05, 0.1) is 6.21 Å². The van der Waals surface area contributed by atoms with Crippen LogP contribution in [0.5, 0.6) is 0 Å². The van der Waals surface area contributed by atoms with Gasteiger partial charge in [-0.05, 0) is 24.3 Å². The van der Waals surface area contributed by atoms with Gasteiger partial charge in [-0.15, -0.1) is 5.10 Å². The molecule has 0 saturated heterocycles. The SMILES string of the molecule is NC(N)=NN=Cc1ccc(-c2ccc(Br)cc2)o1. The van der Waals surface area contributed by atoms with Crippen molar-refractivity contribution in [3.05, 3.63) is 46.6 Å². The van der Waals surface area contributed by atoms with Crippen molar-refractivity contribution in [3.63, 3.8) is 0 Å². The second-order valence-corrected chi connectivity index (χ2v) is 4.39. The molecule has 1 aromatic carbocycles. The van der Waals surface area contributed by atoms with Gasteiger partial charge in [-0.3, -0.25) is 0 Å². The smallest absolute Gasteiger partial charge is 0.211 e. The van der Waals surface area contributed by atoms with E-state index in [1.165, 1.54) is 6.21 Å². The molecule has 5 nitrogen and oxygen atoms in total. The van der Waals surface area contributed by atoms with Crippen molar-refractivity contribution < 1.29 is 4.42 Å². The molecule has 0 radical (unpaired) electrons. The molecule has 0 aliphatic carbocycles. The van der Waals surface area contributed by atoms with E-state index in [4.69, 9.17) is 15.9 Å². The Balaban J connectivity index is 2.18. The fourth-order valence-corrected chi connectivity index (χ4v) is 1.61. The lowest BCUT2D eigenvalue weighted by Crippen LogP contribution is -2.21. The van der Waals surface area contributed by atoms with Crippen LogP contribution in [0.3, 0.4) is 0 Å². The van der Waals surface area contributed by atoms with Crippen molar-refractivity contribution in [2.45, 2.75) is 0 Å². The molecule has 0 saturated carbocycles. The number of hydrogen-bond acceptors (Lipinski definition) is 3. The molecule has 0 bridgehead atoms. The van der Waals surface area contributed by atoms with E-state index in [-0.39, 0.29) is 5.96 Å².